The number of allylic oxidation sites excluding steroid dienone is 1. The summed E-state index contributed by atoms with van der Waals surface area (Å²) in [6, 6.07) is 10.8. The highest BCUT2D eigenvalue weighted by atomic mass is 16.2. The summed E-state index contributed by atoms with van der Waals surface area (Å²) < 4.78 is 0. The quantitative estimate of drug-likeness (QED) is 0.762. The molecule has 1 aliphatic rings. The maximum absolute atomic E-state index is 12.9. The third kappa shape index (κ3) is 2.59. The van der Waals surface area contributed by atoms with Gasteiger partial charge < -0.3 is 10.3 Å². The van der Waals surface area contributed by atoms with Crippen LogP contribution in [0, 0.1) is 0 Å². The molecule has 0 spiro atoms. The lowest BCUT2D eigenvalue weighted by Crippen LogP contribution is -2.48. The third-order valence-corrected chi connectivity index (χ3v) is 3.76. The molecule has 0 saturated heterocycles. The van der Waals surface area contributed by atoms with Gasteiger partial charge in [0.15, 0.2) is 0 Å². The van der Waals surface area contributed by atoms with Gasteiger partial charge in [-0.3, -0.25) is 4.79 Å². The second-order valence-electron chi connectivity index (χ2n) is 5.21. The monoisotopic (exact) mass is 310 g/mol. The average molecular weight is 310 g/mol. The average Bonchev–Trinajstić information content (AvgIpc) is 3.15. The molecule has 6 nitrogen and oxygen atoms in total. The normalized spacial score (nSPS) is 15.4. The standard InChI is InChI=1S/C17H18N4O2/c1-3-18-17(23)20-21-14-9-5-4-7-12(14)15(16(21)22)11(2)13-8-6-10-19-13/h4-10,19H,3H2,1-2H3,(H2,18,20,23). The fraction of sp³-hybridized carbons (Fsp3) is 0.176. The first-order valence-corrected chi connectivity index (χ1v) is 7.46. The number of carbonyl (C=O) groups is 2. The molecule has 0 atom stereocenters. The van der Waals surface area contributed by atoms with E-state index in [1.54, 1.807) is 0 Å². The number of nitrogens with one attached hydrogen (secondary N) is 3. The molecule has 0 aliphatic carbocycles. The van der Waals surface area contributed by atoms with Crippen molar-refractivity contribution in [3.63, 3.8) is 0 Å². The van der Waals surface area contributed by atoms with Crippen LogP contribution in [0.1, 0.15) is 25.1 Å². The first kappa shape index (κ1) is 14.9. The van der Waals surface area contributed by atoms with Gasteiger partial charge in [-0.05, 0) is 37.6 Å². The lowest BCUT2D eigenvalue weighted by Gasteiger charge is -2.18. The Balaban J connectivity index is 2.06. The van der Waals surface area contributed by atoms with Gasteiger partial charge in [-0.1, -0.05) is 18.2 Å². The predicted octanol–water partition coefficient (Wildman–Crippen LogP) is 2.53. The largest absolute Gasteiger partial charge is 0.361 e. The highest BCUT2D eigenvalue weighted by Gasteiger charge is 2.35. The Morgan fingerprint density at radius 3 is 2.70 bits per heavy atom. The van der Waals surface area contributed by atoms with Crippen LogP contribution in [0.15, 0.2) is 42.6 Å². The molecule has 3 amide bonds. The molecular weight excluding hydrogens is 292 g/mol. The van der Waals surface area contributed by atoms with E-state index in [0.717, 1.165) is 16.8 Å². The van der Waals surface area contributed by atoms with Gasteiger partial charge in [0.1, 0.15) is 0 Å². The van der Waals surface area contributed by atoms with Crippen LogP contribution in [0.4, 0.5) is 10.5 Å². The maximum Gasteiger partial charge on any atom is 0.333 e. The number of benzene rings is 1. The molecule has 0 unspecified atom stereocenters. The van der Waals surface area contributed by atoms with E-state index in [0.29, 0.717) is 17.8 Å². The molecule has 0 radical (unpaired) electrons. The van der Waals surface area contributed by atoms with E-state index < -0.39 is 6.03 Å². The van der Waals surface area contributed by atoms with Crippen LogP contribution in [-0.4, -0.2) is 23.5 Å². The summed E-state index contributed by atoms with van der Waals surface area (Å²) in [7, 11) is 0. The fourth-order valence-corrected chi connectivity index (χ4v) is 2.69. The Labute approximate surface area is 134 Å². The summed E-state index contributed by atoms with van der Waals surface area (Å²) in [6.45, 7) is 4.20. The molecule has 0 fully saturated rings. The van der Waals surface area contributed by atoms with E-state index in [9.17, 15) is 9.59 Å². The molecule has 3 rings (SSSR count). The Hall–Kier alpha value is -3.02. The molecule has 1 aromatic heterocycles. The summed E-state index contributed by atoms with van der Waals surface area (Å²) in [5, 5.41) is 3.92. The number of fused-ring (bicyclic) bond motifs is 1. The highest BCUT2D eigenvalue weighted by molar-refractivity contribution is 6.37. The van der Waals surface area contributed by atoms with Crippen LogP contribution in [0.3, 0.4) is 0 Å². The van der Waals surface area contributed by atoms with Crippen molar-refractivity contribution in [1.82, 2.24) is 15.7 Å². The number of aromatic nitrogens is 1. The van der Waals surface area contributed by atoms with Crippen molar-refractivity contribution in [2.75, 3.05) is 11.6 Å². The minimum atomic E-state index is -0.408. The van der Waals surface area contributed by atoms with Crippen molar-refractivity contribution < 1.29 is 9.59 Å². The molecule has 23 heavy (non-hydrogen) atoms. The summed E-state index contributed by atoms with van der Waals surface area (Å²) in [6.07, 6.45) is 1.81. The predicted molar refractivity (Wildman–Crippen MR) is 89.4 cm³/mol. The Bertz CT molecular complexity index is 778. The van der Waals surface area contributed by atoms with E-state index in [4.69, 9.17) is 0 Å². The number of rotatable bonds is 3. The van der Waals surface area contributed by atoms with Gasteiger partial charge in [-0.2, -0.15) is 0 Å². The maximum atomic E-state index is 12.9. The van der Waals surface area contributed by atoms with Crippen LogP contribution in [0.25, 0.3) is 11.1 Å². The van der Waals surface area contributed by atoms with E-state index in [1.807, 2.05) is 56.4 Å². The summed E-state index contributed by atoms with van der Waals surface area (Å²) in [5.41, 5.74) is 6.38. The van der Waals surface area contributed by atoms with Gasteiger partial charge in [0.2, 0.25) is 0 Å². The summed E-state index contributed by atoms with van der Waals surface area (Å²) in [5.74, 6) is -0.246. The second kappa shape index (κ2) is 6.00. The second-order valence-corrected chi connectivity index (χ2v) is 5.21. The molecule has 0 saturated carbocycles. The van der Waals surface area contributed by atoms with Crippen LogP contribution in [-0.2, 0) is 4.79 Å². The number of nitrogens with zero attached hydrogens (tertiary/aromatic N) is 1. The smallest absolute Gasteiger partial charge is 0.333 e. The highest BCUT2D eigenvalue weighted by Crippen LogP contribution is 2.39. The summed E-state index contributed by atoms with van der Waals surface area (Å²) >= 11 is 0. The van der Waals surface area contributed by atoms with Crippen LogP contribution >= 0.6 is 0 Å². The van der Waals surface area contributed by atoms with Crippen molar-refractivity contribution in [2.24, 2.45) is 0 Å². The Morgan fingerprint density at radius 1 is 1.22 bits per heavy atom. The number of hydrogen-bond donors (Lipinski definition) is 3. The van der Waals surface area contributed by atoms with Gasteiger partial charge in [-0.25, -0.2) is 15.2 Å². The first-order valence-electron chi connectivity index (χ1n) is 7.46. The van der Waals surface area contributed by atoms with Crippen molar-refractivity contribution >= 4 is 28.8 Å². The zero-order valence-corrected chi connectivity index (χ0v) is 13.0. The lowest BCUT2D eigenvalue weighted by atomic mass is 10.0. The summed E-state index contributed by atoms with van der Waals surface area (Å²) in [4.78, 5) is 27.8. The number of anilines is 1. The molecule has 1 aromatic carbocycles. The molecule has 0 bridgehead atoms. The van der Waals surface area contributed by atoms with Crippen LogP contribution in [0.2, 0.25) is 0 Å². The number of aromatic amines is 1. The van der Waals surface area contributed by atoms with Crippen molar-refractivity contribution in [2.45, 2.75) is 13.8 Å². The van der Waals surface area contributed by atoms with Gasteiger partial charge in [0.05, 0.1) is 11.3 Å². The number of hydrazine groups is 1. The van der Waals surface area contributed by atoms with E-state index in [2.05, 4.69) is 15.7 Å². The topological polar surface area (TPSA) is 77.2 Å². The van der Waals surface area contributed by atoms with E-state index >= 15 is 0 Å². The Kier molecular flexibility index (Phi) is 3.89. The molecule has 6 heteroatoms. The number of para-hydroxylation sites is 1. The zero-order chi connectivity index (χ0) is 16.4. The molecule has 3 N–H and O–H groups in total. The van der Waals surface area contributed by atoms with Crippen molar-refractivity contribution in [3.05, 3.63) is 53.9 Å². The zero-order valence-electron chi connectivity index (χ0n) is 13.0. The minimum Gasteiger partial charge on any atom is -0.361 e. The Morgan fingerprint density at radius 2 is 2.00 bits per heavy atom. The fourth-order valence-electron chi connectivity index (χ4n) is 2.69. The minimum absolute atomic E-state index is 0.246. The van der Waals surface area contributed by atoms with Crippen LogP contribution in [0.5, 0.6) is 0 Å². The van der Waals surface area contributed by atoms with Crippen molar-refractivity contribution in [1.29, 1.82) is 0 Å². The number of hydrogen-bond acceptors (Lipinski definition) is 2. The molecule has 2 aromatic rings. The van der Waals surface area contributed by atoms with Gasteiger partial charge >= 0.3 is 6.03 Å². The number of amides is 3. The van der Waals surface area contributed by atoms with Crippen LogP contribution < -0.4 is 15.8 Å². The lowest BCUT2D eigenvalue weighted by molar-refractivity contribution is -0.113. The SMILES string of the molecule is CCNC(=O)NN1C(=O)C(=C(C)c2ccc[nH]2)c2ccccc21. The van der Waals surface area contributed by atoms with E-state index in [-0.39, 0.29) is 5.91 Å². The number of carbonyl (C=O) groups excluding carboxylic acids is 2. The first-order chi connectivity index (χ1) is 11.1. The number of urea groups is 1. The third-order valence-electron chi connectivity index (χ3n) is 3.76. The van der Waals surface area contributed by atoms with E-state index in [1.165, 1.54) is 5.01 Å². The van der Waals surface area contributed by atoms with Gasteiger partial charge in [0, 0.05) is 24.0 Å². The number of H-pyrrole nitrogens is 1. The molecule has 1 aliphatic heterocycles. The van der Waals surface area contributed by atoms with Gasteiger partial charge in [0.25, 0.3) is 5.91 Å². The van der Waals surface area contributed by atoms with Crippen molar-refractivity contribution in [3.8, 4) is 0 Å². The van der Waals surface area contributed by atoms with Gasteiger partial charge in [-0.15, -0.1) is 0 Å². The molecule has 118 valence electrons. The molecular formula is C17H18N4O2. The molecule has 2 heterocycles.